The normalized spacial score (nSPS) is 13.2. The molecule has 1 aliphatic heterocycles. The molecular weight excluding hydrogens is 544 g/mol. The minimum atomic E-state index is -4.21. The predicted molar refractivity (Wildman–Crippen MR) is 144 cm³/mol. The van der Waals surface area contributed by atoms with Gasteiger partial charge in [-0.15, -0.1) is 0 Å². The molecule has 3 heterocycles. The third kappa shape index (κ3) is 4.77. The quantitative estimate of drug-likeness (QED) is 0.255. The average molecular weight is 569 g/mol. The van der Waals surface area contributed by atoms with E-state index in [0.717, 1.165) is 0 Å². The monoisotopic (exact) mass is 568 g/mol. The number of hydrogen-bond donors (Lipinski definition) is 1. The van der Waals surface area contributed by atoms with E-state index in [2.05, 4.69) is 5.32 Å². The Hall–Kier alpha value is -4.16. The summed E-state index contributed by atoms with van der Waals surface area (Å²) in [7, 11) is -2.86. The van der Waals surface area contributed by atoms with E-state index >= 15 is 0 Å². The van der Waals surface area contributed by atoms with Gasteiger partial charge in [0.2, 0.25) is 0 Å². The third-order valence-electron chi connectivity index (χ3n) is 6.01. The molecule has 0 radical (unpaired) electrons. The van der Waals surface area contributed by atoms with Crippen LogP contribution in [0.1, 0.15) is 47.1 Å². The molecule has 0 bridgehead atoms. The van der Waals surface area contributed by atoms with Gasteiger partial charge in [0.15, 0.2) is 11.5 Å². The van der Waals surface area contributed by atoms with Gasteiger partial charge < -0.3 is 19.0 Å². The van der Waals surface area contributed by atoms with E-state index in [-0.39, 0.29) is 34.1 Å². The number of fused-ring (bicyclic) bond motifs is 2. The lowest BCUT2D eigenvalue weighted by Crippen LogP contribution is -2.27. The highest BCUT2D eigenvalue weighted by Crippen LogP contribution is 2.44. The van der Waals surface area contributed by atoms with Crippen LogP contribution < -0.4 is 14.2 Å². The van der Waals surface area contributed by atoms with Crippen molar-refractivity contribution in [2.24, 2.45) is 0 Å². The first-order chi connectivity index (χ1) is 18.4. The number of hydrogen-bond acceptors (Lipinski definition) is 9. The van der Waals surface area contributed by atoms with Crippen LogP contribution in [0.4, 0.5) is 4.79 Å². The molecule has 0 unspecified atom stereocenters. The SMILES string of the molecule is COc1cc(-c2cc3cc(C=O)ccc3n2C(=O)OC(C)(C)C)c2c(c1OS(=O)(=O)c1ccsc1)CNC2=O. The largest absolute Gasteiger partial charge is 0.493 e. The maximum atomic E-state index is 13.4. The molecule has 12 heteroatoms. The molecular formula is C27H24N2O8S2. The standard InChI is InChI=1S/C27H24N2O8S2/c1-27(2,3)36-26(32)29-20-6-5-15(13-30)9-16(20)10-21(29)18-11-22(35-4)24(19-12-28-25(31)23(18)19)37-39(33,34)17-7-8-38-14-17/h5-11,13-14H,12H2,1-4H3,(H,28,31). The molecule has 2 aromatic carbocycles. The Balaban J connectivity index is 1.77. The molecule has 0 spiro atoms. The molecule has 5 rings (SSSR count). The fraction of sp³-hybridized carbons (Fsp3) is 0.222. The van der Waals surface area contributed by atoms with Crippen molar-refractivity contribution in [1.29, 1.82) is 0 Å². The summed E-state index contributed by atoms with van der Waals surface area (Å²) in [5.74, 6) is -0.549. The van der Waals surface area contributed by atoms with Crippen LogP contribution in [0.3, 0.4) is 0 Å². The number of amides is 1. The molecule has 1 aliphatic rings. The van der Waals surface area contributed by atoms with E-state index in [1.54, 1.807) is 50.4 Å². The zero-order valence-electron chi connectivity index (χ0n) is 21.4. The van der Waals surface area contributed by atoms with Crippen LogP contribution in [0.2, 0.25) is 0 Å². The molecule has 0 saturated carbocycles. The van der Waals surface area contributed by atoms with Crippen molar-refractivity contribution in [2.75, 3.05) is 7.11 Å². The van der Waals surface area contributed by atoms with Crippen molar-refractivity contribution in [1.82, 2.24) is 9.88 Å². The van der Waals surface area contributed by atoms with Crippen LogP contribution >= 0.6 is 11.3 Å². The van der Waals surface area contributed by atoms with Gasteiger partial charge >= 0.3 is 16.2 Å². The summed E-state index contributed by atoms with van der Waals surface area (Å²) in [4.78, 5) is 37.9. The topological polar surface area (TPSA) is 130 Å². The molecule has 1 N–H and O–H groups in total. The maximum Gasteiger partial charge on any atom is 0.419 e. The van der Waals surface area contributed by atoms with Crippen molar-refractivity contribution < 1.29 is 36.5 Å². The number of thiophene rings is 1. The summed E-state index contributed by atoms with van der Waals surface area (Å²) < 4.78 is 43.9. The zero-order valence-corrected chi connectivity index (χ0v) is 23.1. The number of ether oxygens (including phenoxy) is 2. The summed E-state index contributed by atoms with van der Waals surface area (Å²) in [6, 6.07) is 9.35. The highest BCUT2D eigenvalue weighted by Gasteiger charge is 2.35. The number of carbonyl (C=O) groups excluding carboxylic acids is 3. The van der Waals surface area contributed by atoms with E-state index in [4.69, 9.17) is 13.7 Å². The van der Waals surface area contributed by atoms with Crippen molar-refractivity contribution >= 4 is 50.6 Å². The van der Waals surface area contributed by atoms with Gasteiger partial charge in [-0.25, -0.2) is 9.36 Å². The lowest BCUT2D eigenvalue weighted by molar-refractivity contribution is 0.0546. The van der Waals surface area contributed by atoms with Gasteiger partial charge in [0, 0.05) is 34.0 Å². The summed E-state index contributed by atoms with van der Waals surface area (Å²) >= 11 is 1.20. The molecule has 0 saturated heterocycles. The molecule has 202 valence electrons. The predicted octanol–water partition coefficient (Wildman–Crippen LogP) is 4.99. The van der Waals surface area contributed by atoms with E-state index in [1.807, 2.05) is 0 Å². The number of aldehydes is 1. The molecule has 1 amide bonds. The van der Waals surface area contributed by atoms with Crippen molar-refractivity contribution in [3.05, 3.63) is 63.8 Å². The average Bonchev–Trinajstić information content (AvgIpc) is 3.62. The number of rotatable bonds is 6. The first-order valence-electron chi connectivity index (χ1n) is 11.8. The van der Waals surface area contributed by atoms with E-state index in [1.165, 1.54) is 40.5 Å². The Kier molecular flexibility index (Phi) is 6.47. The van der Waals surface area contributed by atoms with Crippen LogP contribution in [-0.2, 0) is 21.4 Å². The zero-order chi connectivity index (χ0) is 28.1. The van der Waals surface area contributed by atoms with E-state index in [0.29, 0.717) is 34.0 Å². The Morgan fingerprint density at radius 1 is 1.15 bits per heavy atom. The second-order valence-corrected chi connectivity index (χ2v) is 12.1. The van der Waals surface area contributed by atoms with Crippen molar-refractivity contribution in [2.45, 2.75) is 37.8 Å². The van der Waals surface area contributed by atoms with E-state index < -0.39 is 27.7 Å². The molecule has 39 heavy (non-hydrogen) atoms. The highest BCUT2D eigenvalue weighted by molar-refractivity contribution is 7.87. The van der Waals surface area contributed by atoms with Gasteiger partial charge in [0.05, 0.1) is 23.9 Å². The van der Waals surface area contributed by atoms with Crippen LogP contribution in [0, 0.1) is 0 Å². The second kappa shape index (κ2) is 9.54. The van der Waals surface area contributed by atoms with Gasteiger partial charge in [-0.3, -0.25) is 9.59 Å². The van der Waals surface area contributed by atoms with Crippen molar-refractivity contribution in [3.8, 4) is 22.8 Å². The number of nitrogens with one attached hydrogen (secondary N) is 1. The maximum absolute atomic E-state index is 13.4. The fourth-order valence-corrected chi connectivity index (χ4v) is 6.36. The summed E-state index contributed by atoms with van der Waals surface area (Å²) in [6.07, 6.45) is -0.00383. The minimum absolute atomic E-state index is 0.0190. The van der Waals surface area contributed by atoms with Crippen molar-refractivity contribution in [3.63, 3.8) is 0 Å². The van der Waals surface area contributed by atoms with Gasteiger partial charge in [0.1, 0.15) is 16.8 Å². The minimum Gasteiger partial charge on any atom is -0.493 e. The lowest BCUT2D eigenvalue weighted by Gasteiger charge is -2.22. The second-order valence-electron chi connectivity index (χ2n) is 9.77. The lowest BCUT2D eigenvalue weighted by atomic mass is 9.98. The number of methoxy groups -OCH3 is 1. The Bertz CT molecular complexity index is 1750. The molecule has 10 nitrogen and oxygen atoms in total. The van der Waals surface area contributed by atoms with Crippen LogP contribution in [0.15, 0.2) is 52.1 Å². The first kappa shape index (κ1) is 26.4. The molecule has 0 fully saturated rings. The van der Waals surface area contributed by atoms with Gasteiger partial charge in [0.25, 0.3) is 5.91 Å². The molecule has 0 aliphatic carbocycles. The number of benzene rings is 2. The number of aromatic nitrogens is 1. The van der Waals surface area contributed by atoms with Crippen LogP contribution in [-0.4, -0.2) is 44.0 Å². The molecule has 2 aromatic heterocycles. The summed E-state index contributed by atoms with van der Waals surface area (Å²) in [5.41, 5.74) is 1.03. The Morgan fingerprint density at radius 2 is 1.92 bits per heavy atom. The van der Waals surface area contributed by atoms with Gasteiger partial charge in [-0.05, 0) is 62.5 Å². The third-order valence-corrected chi connectivity index (χ3v) is 8.06. The van der Waals surface area contributed by atoms with Crippen LogP contribution in [0.25, 0.3) is 22.2 Å². The molecule has 4 aromatic rings. The number of carbonyl (C=O) groups is 3. The first-order valence-corrected chi connectivity index (χ1v) is 14.1. The fourth-order valence-electron chi connectivity index (χ4n) is 4.39. The van der Waals surface area contributed by atoms with Crippen LogP contribution in [0.5, 0.6) is 11.5 Å². The Labute approximate surface area is 228 Å². The van der Waals surface area contributed by atoms with E-state index in [9.17, 15) is 22.8 Å². The molecule has 0 atom stereocenters. The summed E-state index contributed by atoms with van der Waals surface area (Å²) in [5, 5.41) is 6.32. The van der Waals surface area contributed by atoms with Gasteiger partial charge in [-0.2, -0.15) is 19.8 Å². The highest BCUT2D eigenvalue weighted by atomic mass is 32.2. The number of nitrogens with zero attached hydrogens (tertiary/aromatic N) is 1. The Morgan fingerprint density at radius 3 is 2.56 bits per heavy atom. The summed E-state index contributed by atoms with van der Waals surface area (Å²) in [6.45, 7) is 5.17. The smallest absolute Gasteiger partial charge is 0.419 e. The van der Waals surface area contributed by atoms with Gasteiger partial charge in [-0.1, -0.05) is 0 Å².